The Morgan fingerprint density at radius 1 is 0.298 bits per heavy atom. The van der Waals surface area contributed by atoms with Gasteiger partial charge in [0.05, 0.1) is 5.52 Å². The molecule has 1 heteroatoms. The van der Waals surface area contributed by atoms with E-state index in [0.717, 1.165) is 16.6 Å². The van der Waals surface area contributed by atoms with Crippen molar-refractivity contribution in [1.82, 2.24) is 4.98 Å². The maximum Gasteiger partial charge on any atom is 0.0787 e. The summed E-state index contributed by atoms with van der Waals surface area (Å²) in [6.45, 7) is 4.67. The number of pyridine rings is 1. The summed E-state index contributed by atoms with van der Waals surface area (Å²) in [6.07, 6.45) is 2.03. The molecule has 0 atom stereocenters. The highest BCUT2D eigenvalue weighted by Crippen LogP contribution is 2.49. The second-order valence-corrected chi connectivity index (χ2v) is 16.0. The first-order valence-corrected chi connectivity index (χ1v) is 19.9. The first-order chi connectivity index (χ1) is 28.0. The summed E-state index contributed by atoms with van der Waals surface area (Å²) in [5, 5.41) is 6.11. The first kappa shape index (κ1) is 33.3. The number of benzene rings is 9. The molecule has 0 radical (unpaired) electrons. The predicted molar refractivity (Wildman–Crippen MR) is 241 cm³/mol. The molecule has 9 aromatic carbocycles. The minimum Gasteiger partial charge on any atom is -0.255 e. The lowest BCUT2D eigenvalue weighted by atomic mass is 9.82. The molecule has 0 fully saturated rings. The molecule has 10 aromatic rings. The standard InChI is InChI=1S/C56H39N/c1-56(2)53-26-8-7-24-49(53)51-33-44(27-28-54(51)56)42-19-11-17-40(31-42)38-15-9-13-36(29-38)37-14-10-16-39(30-37)41-18-12-20-43(32-41)45-34-52-48-23-4-3-21-46(48)47-22-5-6-25-50(47)55(52)57-35-45/h3-35H,1-2H3. The Labute approximate surface area is 333 Å². The van der Waals surface area contributed by atoms with Crippen LogP contribution in [0.2, 0.25) is 0 Å². The molecular weight excluding hydrogens is 687 g/mol. The van der Waals surface area contributed by atoms with E-state index in [1.807, 2.05) is 6.20 Å². The van der Waals surface area contributed by atoms with Crippen LogP contribution in [0.15, 0.2) is 200 Å². The Morgan fingerprint density at radius 3 is 1.25 bits per heavy atom. The number of rotatable bonds is 5. The van der Waals surface area contributed by atoms with Gasteiger partial charge in [-0.15, -0.1) is 0 Å². The number of aromatic nitrogens is 1. The van der Waals surface area contributed by atoms with Crippen LogP contribution in [0.1, 0.15) is 25.0 Å². The van der Waals surface area contributed by atoms with Gasteiger partial charge in [0.15, 0.2) is 0 Å². The summed E-state index contributed by atoms with van der Waals surface area (Å²) in [7, 11) is 0. The van der Waals surface area contributed by atoms with Crippen LogP contribution in [0.4, 0.5) is 0 Å². The minimum atomic E-state index is 0.00729. The van der Waals surface area contributed by atoms with E-state index in [9.17, 15) is 0 Å². The molecule has 1 aliphatic carbocycles. The second kappa shape index (κ2) is 13.0. The number of nitrogens with zero attached hydrogens (tertiary/aromatic N) is 1. The molecule has 0 saturated carbocycles. The highest BCUT2D eigenvalue weighted by atomic mass is 14.7. The zero-order valence-electron chi connectivity index (χ0n) is 32.0. The van der Waals surface area contributed by atoms with Crippen LogP contribution in [0, 0.1) is 0 Å². The van der Waals surface area contributed by atoms with Crippen molar-refractivity contribution < 1.29 is 0 Å². The van der Waals surface area contributed by atoms with Crippen molar-refractivity contribution in [2.24, 2.45) is 0 Å². The molecule has 0 aliphatic heterocycles. The normalized spacial score (nSPS) is 12.9. The topological polar surface area (TPSA) is 12.9 Å². The van der Waals surface area contributed by atoms with Gasteiger partial charge in [-0.1, -0.05) is 172 Å². The summed E-state index contributed by atoms with van der Waals surface area (Å²) in [5.74, 6) is 0. The minimum absolute atomic E-state index is 0.00729. The van der Waals surface area contributed by atoms with Gasteiger partial charge in [0.2, 0.25) is 0 Å². The first-order valence-electron chi connectivity index (χ1n) is 19.9. The van der Waals surface area contributed by atoms with E-state index in [2.05, 4.69) is 208 Å². The van der Waals surface area contributed by atoms with Gasteiger partial charge < -0.3 is 0 Å². The molecule has 1 heterocycles. The Balaban J connectivity index is 0.915. The third-order valence-electron chi connectivity index (χ3n) is 12.3. The average Bonchev–Trinajstić information content (AvgIpc) is 3.51. The smallest absolute Gasteiger partial charge is 0.0787 e. The quantitative estimate of drug-likeness (QED) is 0.161. The SMILES string of the molecule is CC1(C)c2ccccc2-c2cc(-c3cccc(-c4cccc(-c5cccc(-c6cccc(-c7cnc8c9ccccc9c9ccccc9c8c7)c6)c5)c4)c3)ccc21. The molecular formula is C56H39N. The van der Waals surface area contributed by atoms with Gasteiger partial charge in [-0.25, -0.2) is 0 Å². The zero-order valence-corrected chi connectivity index (χ0v) is 32.0. The molecule has 0 N–H and O–H groups in total. The van der Waals surface area contributed by atoms with Crippen LogP contribution < -0.4 is 0 Å². The molecule has 11 rings (SSSR count). The molecule has 1 aliphatic rings. The van der Waals surface area contributed by atoms with Crippen molar-refractivity contribution in [3.05, 3.63) is 211 Å². The number of hydrogen-bond acceptors (Lipinski definition) is 1. The lowest BCUT2D eigenvalue weighted by Crippen LogP contribution is -2.14. The van der Waals surface area contributed by atoms with Crippen molar-refractivity contribution in [3.63, 3.8) is 0 Å². The third-order valence-corrected chi connectivity index (χ3v) is 12.3. The van der Waals surface area contributed by atoms with E-state index < -0.39 is 0 Å². The van der Waals surface area contributed by atoms with Gasteiger partial charge >= 0.3 is 0 Å². The Morgan fingerprint density at radius 2 is 0.702 bits per heavy atom. The maximum absolute atomic E-state index is 5.07. The highest BCUT2D eigenvalue weighted by molar-refractivity contribution is 6.24. The Hall–Kier alpha value is -7.09. The Kier molecular flexibility index (Phi) is 7.59. The van der Waals surface area contributed by atoms with E-state index in [1.54, 1.807) is 0 Å². The van der Waals surface area contributed by atoms with Crippen LogP contribution in [-0.4, -0.2) is 4.98 Å². The maximum atomic E-state index is 5.07. The van der Waals surface area contributed by atoms with E-state index in [0.29, 0.717) is 0 Å². The van der Waals surface area contributed by atoms with Crippen molar-refractivity contribution in [1.29, 1.82) is 0 Å². The van der Waals surface area contributed by atoms with Gasteiger partial charge in [-0.05, 0) is 125 Å². The Bertz CT molecular complexity index is 3180. The van der Waals surface area contributed by atoms with Crippen molar-refractivity contribution in [2.75, 3.05) is 0 Å². The van der Waals surface area contributed by atoms with E-state index >= 15 is 0 Å². The molecule has 1 nitrogen and oxygen atoms in total. The molecule has 57 heavy (non-hydrogen) atoms. The molecule has 268 valence electrons. The van der Waals surface area contributed by atoms with Crippen LogP contribution in [0.5, 0.6) is 0 Å². The molecule has 0 unspecified atom stereocenters. The summed E-state index contributed by atoms with van der Waals surface area (Å²) < 4.78 is 0. The van der Waals surface area contributed by atoms with Crippen LogP contribution in [-0.2, 0) is 5.41 Å². The van der Waals surface area contributed by atoms with Crippen molar-refractivity contribution in [2.45, 2.75) is 19.3 Å². The van der Waals surface area contributed by atoms with Crippen LogP contribution in [0.3, 0.4) is 0 Å². The monoisotopic (exact) mass is 725 g/mol. The van der Waals surface area contributed by atoms with Crippen molar-refractivity contribution in [3.8, 4) is 66.8 Å². The zero-order chi connectivity index (χ0) is 38.1. The summed E-state index contributed by atoms with van der Waals surface area (Å²) >= 11 is 0. The number of fused-ring (bicyclic) bond motifs is 9. The molecule has 0 amide bonds. The van der Waals surface area contributed by atoms with Gasteiger partial charge in [0, 0.05) is 27.9 Å². The molecule has 1 aromatic heterocycles. The van der Waals surface area contributed by atoms with Crippen LogP contribution in [0.25, 0.3) is 99.2 Å². The van der Waals surface area contributed by atoms with Crippen molar-refractivity contribution >= 4 is 32.4 Å². The van der Waals surface area contributed by atoms with Gasteiger partial charge in [0.1, 0.15) is 0 Å². The lowest BCUT2D eigenvalue weighted by molar-refractivity contribution is 0.660. The fourth-order valence-corrected chi connectivity index (χ4v) is 9.33. The fourth-order valence-electron chi connectivity index (χ4n) is 9.33. The lowest BCUT2D eigenvalue weighted by Gasteiger charge is -2.21. The van der Waals surface area contributed by atoms with Gasteiger partial charge in [-0.2, -0.15) is 0 Å². The van der Waals surface area contributed by atoms with E-state index in [-0.39, 0.29) is 5.41 Å². The molecule has 0 spiro atoms. The third kappa shape index (κ3) is 5.50. The number of hydrogen-bond donors (Lipinski definition) is 0. The molecule has 0 bridgehead atoms. The summed E-state index contributed by atoms with van der Waals surface area (Å²) in [4.78, 5) is 5.07. The highest BCUT2D eigenvalue weighted by Gasteiger charge is 2.35. The summed E-state index contributed by atoms with van der Waals surface area (Å²) in [6, 6.07) is 71.2. The summed E-state index contributed by atoms with van der Waals surface area (Å²) in [5.41, 5.74) is 18.5. The molecule has 0 saturated heterocycles. The largest absolute Gasteiger partial charge is 0.255 e. The van der Waals surface area contributed by atoms with Crippen LogP contribution >= 0.6 is 0 Å². The van der Waals surface area contributed by atoms with Gasteiger partial charge in [-0.3, -0.25) is 4.98 Å². The van der Waals surface area contributed by atoms with Gasteiger partial charge in [0.25, 0.3) is 0 Å². The fraction of sp³-hybridized carbons (Fsp3) is 0.0536. The average molecular weight is 726 g/mol. The van der Waals surface area contributed by atoms with E-state index in [4.69, 9.17) is 4.98 Å². The second-order valence-electron chi connectivity index (χ2n) is 16.0. The van der Waals surface area contributed by atoms with E-state index in [1.165, 1.54) is 93.7 Å². The predicted octanol–water partition coefficient (Wildman–Crippen LogP) is 15.2.